The molecule has 0 aromatic heterocycles. The first-order valence-electron chi connectivity index (χ1n) is 4.67. The molecule has 0 amide bonds. The summed E-state index contributed by atoms with van der Waals surface area (Å²) in [7, 11) is 3.30. The lowest BCUT2D eigenvalue weighted by Crippen LogP contribution is -2.27. The van der Waals surface area contributed by atoms with E-state index in [1.807, 2.05) is 0 Å². The van der Waals surface area contributed by atoms with Crippen molar-refractivity contribution >= 4 is 5.97 Å². The Morgan fingerprint density at radius 3 is 2.21 bits per heavy atom. The quantitative estimate of drug-likeness (QED) is 0.671. The summed E-state index contributed by atoms with van der Waals surface area (Å²) in [4.78, 5) is 12.4. The second kappa shape index (κ2) is 5.29. The van der Waals surface area contributed by atoms with E-state index >= 15 is 0 Å². The molecule has 1 heterocycles. The van der Waals surface area contributed by atoms with E-state index in [1.165, 1.54) is 0 Å². The van der Waals surface area contributed by atoms with Crippen LogP contribution in [-0.4, -0.2) is 62.0 Å². The first kappa shape index (κ1) is 11.4. The maximum Gasteiger partial charge on any atom is 0.304 e. The van der Waals surface area contributed by atoms with E-state index in [9.17, 15) is 4.79 Å². The van der Waals surface area contributed by atoms with Gasteiger partial charge < -0.3 is 14.6 Å². The third-order valence-corrected chi connectivity index (χ3v) is 2.54. The van der Waals surface area contributed by atoms with Gasteiger partial charge in [-0.05, 0) is 0 Å². The van der Waals surface area contributed by atoms with Crippen LogP contribution in [0.4, 0.5) is 0 Å². The molecule has 5 nitrogen and oxygen atoms in total. The number of carbonyl (C=O) groups is 1. The second-order valence-electron chi connectivity index (χ2n) is 3.45. The van der Waals surface area contributed by atoms with Gasteiger partial charge in [-0.2, -0.15) is 0 Å². The largest absolute Gasteiger partial charge is 0.481 e. The summed E-state index contributed by atoms with van der Waals surface area (Å²) in [5, 5.41) is 8.53. The number of ether oxygens (including phenoxy) is 2. The first-order valence-corrected chi connectivity index (χ1v) is 4.67. The molecule has 82 valence electrons. The van der Waals surface area contributed by atoms with Gasteiger partial charge in [-0.1, -0.05) is 0 Å². The first-order chi connectivity index (χ1) is 6.67. The highest BCUT2D eigenvalue weighted by atomic mass is 16.5. The molecule has 14 heavy (non-hydrogen) atoms. The van der Waals surface area contributed by atoms with Crippen LogP contribution in [0.5, 0.6) is 0 Å². The highest BCUT2D eigenvalue weighted by Crippen LogP contribution is 2.15. The summed E-state index contributed by atoms with van der Waals surface area (Å²) < 4.78 is 10.5. The third kappa shape index (κ3) is 2.94. The van der Waals surface area contributed by atoms with E-state index in [4.69, 9.17) is 14.6 Å². The van der Waals surface area contributed by atoms with Gasteiger partial charge in [0.05, 0.1) is 18.6 Å². The maximum atomic E-state index is 10.4. The second-order valence-corrected chi connectivity index (χ2v) is 3.45. The van der Waals surface area contributed by atoms with Crippen molar-refractivity contribution in [1.82, 2.24) is 4.90 Å². The molecule has 0 radical (unpaired) electrons. The minimum absolute atomic E-state index is 0.0637. The van der Waals surface area contributed by atoms with E-state index in [2.05, 4.69) is 4.90 Å². The van der Waals surface area contributed by atoms with Crippen LogP contribution < -0.4 is 0 Å². The van der Waals surface area contributed by atoms with Crippen LogP contribution in [0.3, 0.4) is 0 Å². The lowest BCUT2D eigenvalue weighted by Gasteiger charge is -2.13. The summed E-state index contributed by atoms with van der Waals surface area (Å²) in [6.45, 7) is 2.07. The molecule has 2 atom stereocenters. The van der Waals surface area contributed by atoms with E-state index in [-0.39, 0.29) is 18.6 Å². The van der Waals surface area contributed by atoms with E-state index in [0.29, 0.717) is 6.54 Å². The van der Waals surface area contributed by atoms with Crippen LogP contribution in [0, 0.1) is 0 Å². The zero-order chi connectivity index (χ0) is 10.6. The number of aliphatic carboxylic acids is 1. The normalized spacial score (nSPS) is 28.1. The highest BCUT2D eigenvalue weighted by Gasteiger charge is 2.32. The van der Waals surface area contributed by atoms with Crippen LogP contribution in [0.1, 0.15) is 6.42 Å². The number of rotatable bonds is 5. The van der Waals surface area contributed by atoms with Crippen LogP contribution in [0.2, 0.25) is 0 Å². The van der Waals surface area contributed by atoms with E-state index in [1.54, 1.807) is 14.2 Å². The average Bonchev–Trinajstić information content (AvgIpc) is 2.57. The number of carboxylic acid groups (broad SMARTS) is 1. The van der Waals surface area contributed by atoms with Gasteiger partial charge >= 0.3 is 5.97 Å². The number of hydrogen-bond acceptors (Lipinski definition) is 4. The van der Waals surface area contributed by atoms with Crippen molar-refractivity contribution in [3.63, 3.8) is 0 Å². The van der Waals surface area contributed by atoms with Crippen LogP contribution >= 0.6 is 0 Å². The zero-order valence-electron chi connectivity index (χ0n) is 8.60. The van der Waals surface area contributed by atoms with Gasteiger partial charge in [0.25, 0.3) is 0 Å². The molecule has 0 aliphatic carbocycles. The molecule has 5 heteroatoms. The highest BCUT2D eigenvalue weighted by molar-refractivity contribution is 5.66. The number of carboxylic acids is 1. The molecule has 1 rings (SSSR count). The van der Waals surface area contributed by atoms with Crippen molar-refractivity contribution in [2.45, 2.75) is 18.6 Å². The monoisotopic (exact) mass is 203 g/mol. The van der Waals surface area contributed by atoms with Crippen molar-refractivity contribution < 1.29 is 19.4 Å². The number of hydrogen-bond donors (Lipinski definition) is 1. The molecule has 1 aliphatic rings. The Morgan fingerprint density at radius 2 is 1.86 bits per heavy atom. The van der Waals surface area contributed by atoms with Gasteiger partial charge in [-0.25, -0.2) is 0 Å². The van der Waals surface area contributed by atoms with E-state index < -0.39 is 5.97 Å². The summed E-state index contributed by atoms with van der Waals surface area (Å²) >= 11 is 0. The number of likely N-dealkylation sites (tertiary alicyclic amines) is 1. The fourth-order valence-electron chi connectivity index (χ4n) is 1.71. The number of nitrogens with zero attached hydrogens (tertiary/aromatic N) is 1. The molecular formula is C9H17NO4. The van der Waals surface area contributed by atoms with Crippen molar-refractivity contribution in [1.29, 1.82) is 0 Å². The van der Waals surface area contributed by atoms with Crippen molar-refractivity contribution in [3.8, 4) is 0 Å². The summed E-state index contributed by atoms with van der Waals surface area (Å²) in [6, 6.07) is 0. The Kier molecular flexibility index (Phi) is 4.31. The number of methoxy groups -OCH3 is 2. The molecule has 0 aromatic carbocycles. The Bertz CT molecular complexity index is 185. The molecular weight excluding hydrogens is 186 g/mol. The smallest absolute Gasteiger partial charge is 0.304 e. The fraction of sp³-hybridized carbons (Fsp3) is 0.889. The lowest BCUT2D eigenvalue weighted by molar-refractivity contribution is -0.137. The minimum Gasteiger partial charge on any atom is -0.481 e. The van der Waals surface area contributed by atoms with Gasteiger partial charge in [0.1, 0.15) is 0 Å². The van der Waals surface area contributed by atoms with Gasteiger partial charge in [-0.15, -0.1) is 0 Å². The Balaban J connectivity index is 2.33. The Labute approximate surface area is 83.6 Å². The van der Waals surface area contributed by atoms with Crippen molar-refractivity contribution in [2.24, 2.45) is 0 Å². The maximum absolute atomic E-state index is 10.4. The van der Waals surface area contributed by atoms with Gasteiger partial charge in [0.2, 0.25) is 0 Å². The van der Waals surface area contributed by atoms with Crippen LogP contribution in [0.25, 0.3) is 0 Å². The summed E-state index contributed by atoms with van der Waals surface area (Å²) in [5.41, 5.74) is 0. The van der Waals surface area contributed by atoms with Gasteiger partial charge in [0.15, 0.2) is 0 Å². The Hall–Kier alpha value is -0.650. The standard InChI is InChI=1S/C9H17NO4/c1-13-7-5-10(4-3-9(11)12)6-8(7)14-2/h7-8H,3-6H2,1-2H3,(H,11,12). The summed E-state index contributed by atoms with van der Waals surface area (Å²) in [5.74, 6) is -0.764. The Morgan fingerprint density at radius 1 is 1.36 bits per heavy atom. The molecule has 0 spiro atoms. The predicted molar refractivity (Wildman–Crippen MR) is 50.3 cm³/mol. The summed E-state index contributed by atoms with van der Waals surface area (Å²) in [6.07, 6.45) is 0.301. The molecule has 1 aliphatic heterocycles. The third-order valence-electron chi connectivity index (χ3n) is 2.54. The van der Waals surface area contributed by atoms with E-state index in [0.717, 1.165) is 13.1 Å². The molecule has 0 saturated carbocycles. The fourth-order valence-corrected chi connectivity index (χ4v) is 1.71. The predicted octanol–water partition coefficient (Wildman–Crippen LogP) is -0.193. The zero-order valence-corrected chi connectivity index (χ0v) is 8.60. The molecule has 0 bridgehead atoms. The SMILES string of the molecule is COC1CN(CCC(=O)O)CC1OC. The minimum atomic E-state index is -0.764. The molecule has 0 aromatic rings. The molecule has 1 fully saturated rings. The topological polar surface area (TPSA) is 59.0 Å². The molecule has 1 saturated heterocycles. The van der Waals surface area contributed by atoms with Crippen molar-refractivity contribution in [2.75, 3.05) is 33.9 Å². The van der Waals surface area contributed by atoms with Crippen molar-refractivity contribution in [3.05, 3.63) is 0 Å². The van der Waals surface area contributed by atoms with Crippen LogP contribution in [0.15, 0.2) is 0 Å². The molecule has 2 unspecified atom stereocenters. The average molecular weight is 203 g/mol. The molecule has 1 N–H and O–H groups in total. The lowest BCUT2D eigenvalue weighted by atomic mass is 10.3. The van der Waals surface area contributed by atoms with Gasteiger partial charge in [0, 0.05) is 33.9 Å². The van der Waals surface area contributed by atoms with Crippen LogP contribution in [-0.2, 0) is 14.3 Å². The van der Waals surface area contributed by atoms with Gasteiger partial charge in [-0.3, -0.25) is 9.69 Å².